The van der Waals surface area contributed by atoms with E-state index in [1.807, 2.05) is 43.3 Å². The van der Waals surface area contributed by atoms with Crippen LogP contribution in [0.5, 0.6) is 11.5 Å². The van der Waals surface area contributed by atoms with E-state index in [9.17, 15) is 0 Å². The van der Waals surface area contributed by atoms with Gasteiger partial charge in [-0.3, -0.25) is 4.98 Å². The van der Waals surface area contributed by atoms with Crippen molar-refractivity contribution in [3.05, 3.63) is 54.4 Å². The Morgan fingerprint density at radius 2 is 1.82 bits per heavy atom. The zero-order valence-corrected chi connectivity index (χ0v) is 9.80. The van der Waals surface area contributed by atoms with E-state index in [0.29, 0.717) is 13.2 Å². The number of ether oxygens (including phenoxy) is 2. The molecule has 0 amide bonds. The number of hydrogen-bond acceptors (Lipinski definition) is 3. The molecule has 0 aliphatic rings. The number of nitrogens with zero attached hydrogens (tertiary/aromatic N) is 1. The van der Waals surface area contributed by atoms with Crippen LogP contribution in [0.25, 0.3) is 0 Å². The van der Waals surface area contributed by atoms with Crippen LogP contribution in [-0.4, -0.2) is 18.2 Å². The monoisotopic (exact) mass is 229 g/mol. The topological polar surface area (TPSA) is 31.4 Å². The molecule has 3 heteroatoms. The lowest BCUT2D eigenvalue weighted by Crippen LogP contribution is -2.09. The van der Waals surface area contributed by atoms with Gasteiger partial charge in [0.05, 0.1) is 6.20 Å². The Kier molecular flexibility index (Phi) is 3.97. The first-order valence-corrected chi connectivity index (χ1v) is 5.57. The van der Waals surface area contributed by atoms with Crippen LogP contribution in [0.2, 0.25) is 0 Å². The van der Waals surface area contributed by atoms with Crippen molar-refractivity contribution in [1.29, 1.82) is 0 Å². The lowest BCUT2D eigenvalue weighted by Gasteiger charge is -2.09. The maximum atomic E-state index is 5.61. The molecular formula is C14H15NO2. The molecule has 1 aromatic carbocycles. The SMILES string of the molecule is Cc1ccccc1OCCOc1cccnc1. The third kappa shape index (κ3) is 3.48. The average Bonchev–Trinajstić information content (AvgIpc) is 2.38. The number of pyridine rings is 1. The van der Waals surface area contributed by atoms with Gasteiger partial charge in [-0.05, 0) is 30.7 Å². The number of aromatic nitrogens is 1. The highest BCUT2D eigenvalue weighted by Crippen LogP contribution is 2.15. The molecule has 2 rings (SSSR count). The minimum Gasteiger partial charge on any atom is -0.490 e. The quantitative estimate of drug-likeness (QED) is 0.739. The van der Waals surface area contributed by atoms with Gasteiger partial charge >= 0.3 is 0 Å². The maximum Gasteiger partial charge on any atom is 0.137 e. The Hall–Kier alpha value is -2.03. The van der Waals surface area contributed by atoms with E-state index in [-0.39, 0.29) is 0 Å². The molecular weight excluding hydrogens is 214 g/mol. The largest absolute Gasteiger partial charge is 0.490 e. The van der Waals surface area contributed by atoms with Gasteiger partial charge in [0.1, 0.15) is 24.7 Å². The molecule has 0 saturated heterocycles. The maximum absolute atomic E-state index is 5.61. The van der Waals surface area contributed by atoms with E-state index in [2.05, 4.69) is 4.98 Å². The van der Waals surface area contributed by atoms with Crippen molar-refractivity contribution in [2.24, 2.45) is 0 Å². The van der Waals surface area contributed by atoms with Crippen molar-refractivity contribution in [3.8, 4) is 11.5 Å². The van der Waals surface area contributed by atoms with E-state index in [1.54, 1.807) is 12.4 Å². The van der Waals surface area contributed by atoms with Gasteiger partial charge in [-0.15, -0.1) is 0 Å². The third-order valence-electron chi connectivity index (χ3n) is 2.34. The smallest absolute Gasteiger partial charge is 0.137 e. The second kappa shape index (κ2) is 5.89. The molecule has 17 heavy (non-hydrogen) atoms. The molecule has 0 saturated carbocycles. The van der Waals surface area contributed by atoms with E-state index in [1.165, 1.54) is 0 Å². The number of aryl methyl sites for hydroxylation is 1. The molecule has 2 aromatic rings. The summed E-state index contributed by atoms with van der Waals surface area (Å²) in [4.78, 5) is 3.97. The molecule has 0 N–H and O–H groups in total. The molecule has 0 unspecified atom stereocenters. The van der Waals surface area contributed by atoms with E-state index < -0.39 is 0 Å². The van der Waals surface area contributed by atoms with Crippen LogP contribution in [0.4, 0.5) is 0 Å². The highest BCUT2D eigenvalue weighted by molar-refractivity contribution is 5.31. The Bertz CT molecular complexity index is 457. The second-order valence-corrected chi connectivity index (χ2v) is 3.65. The second-order valence-electron chi connectivity index (χ2n) is 3.65. The number of para-hydroxylation sites is 1. The zero-order chi connectivity index (χ0) is 11.9. The fourth-order valence-corrected chi connectivity index (χ4v) is 1.46. The number of benzene rings is 1. The standard InChI is InChI=1S/C14H15NO2/c1-12-5-2-3-7-14(12)17-10-9-16-13-6-4-8-15-11-13/h2-8,11H,9-10H2,1H3. The minimum absolute atomic E-state index is 0.514. The van der Waals surface area contributed by atoms with Crippen LogP contribution in [0, 0.1) is 6.92 Å². The van der Waals surface area contributed by atoms with Gasteiger partial charge in [0.2, 0.25) is 0 Å². The van der Waals surface area contributed by atoms with Crippen LogP contribution < -0.4 is 9.47 Å². The highest BCUT2D eigenvalue weighted by atomic mass is 16.5. The van der Waals surface area contributed by atoms with E-state index >= 15 is 0 Å². The summed E-state index contributed by atoms with van der Waals surface area (Å²) in [7, 11) is 0. The number of hydrogen-bond donors (Lipinski definition) is 0. The Balaban J connectivity index is 1.76. The lowest BCUT2D eigenvalue weighted by molar-refractivity contribution is 0.216. The van der Waals surface area contributed by atoms with E-state index in [4.69, 9.17) is 9.47 Å². The van der Waals surface area contributed by atoms with Crippen molar-refractivity contribution in [2.45, 2.75) is 6.92 Å². The molecule has 3 nitrogen and oxygen atoms in total. The predicted molar refractivity (Wildman–Crippen MR) is 66.4 cm³/mol. The molecule has 0 aliphatic heterocycles. The molecule has 0 atom stereocenters. The highest BCUT2D eigenvalue weighted by Gasteiger charge is 1.97. The molecule has 0 fully saturated rings. The van der Waals surface area contributed by atoms with Crippen LogP contribution in [-0.2, 0) is 0 Å². The van der Waals surface area contributed by atoms with Crippen molar-refractivity contribution < 1.29 is 9.47 Å². The molecule has 0 aliphatic carbocycles. The summed E-state index contributed by atoms with van der Waals surface area (Å²) in [6.45, 7) is 3.07. The van der Waals surface area contributed by atoms with Gasteiger partial charge in [0, 0.05) is 6.20 Å². The minimum atomic E-state index is 0.514. The molecule has 0 spiro atoms. The van der Waals surface area contributed by atoms with Gasteiger partial charge in [-0.1, -0.05) is 18.2 Å². The van der Waals surface area contributed by atoms with Gasteiger partial charge in [0.15, 0.2) is 0 Å². The van der Waals surface area contributed by atoms with Crippen molar-refractivity contribution in [2.75, 3.05) is 13.2 Å². The van der Waals surface area contributed by atoms with Crippen LogP contribution >= 0.6 is 0 Å². The van der Waals surface area contributed by atoms with Gasteiger partial charge in [0.25, 0.3) is 0 Å². The first-order chi connectivity index (χ1) is 8.36. The first-order valence-electron chi connectivity index (χ1n) is 5.57. The molecule has 0 bridgehead atoms. The van der Waals surface area contributed by atoms with Crippen molar-refractivity contribution in [3.63, 3.8) is 0 Å². The summed E-state index contributed by atoms with van der Waals surface area (Å²) in [6, 6.07) is 11.7. The third-order valence-corrected chi connectivity index (χ3v) is 2.34. The van der Waals surface area contributed by atoms with Crippen LogP contribution in [0.15, 0.2) is 48.8 Å². The Morgan fingerprint density at radius 1 is 1.00 bits per heavy atom. The van der Waals surface area contributed by atoms with Crippen molar-refractivity contribution >= 4 is 0 Å². The summed E-state index contributed by atoms with van der Waals surface area (Å²) in [5.74, 6) is 1.67. The average molecular weight is 229 g/mol. The summed E-state index contributed by atoms with van der Waals surface area (Å²) >= 11 is 0. The number of rotatable bonds is 5. The first kappa shape index (κ1) is 11.5. The predicted octanol–water partition coefficient (Wildman–Crippen LogP) is 2.85. The van der Waals surface area contributed by atoms with Crippen LogP contribution in [0.3, 0.4) is 0 Å². The molecule has 88 valence electrons. The fraction of sp³-hybridized carbons (Fsp3) is 0.214. The molecule has 1 heterocycles. The summed E-state index contributed by atoms with van der Waals surface area (Å²) in [5, 5.41) is 0. The molecule has 0 radical (unpaired) electrons. The summed E-state index contributed by atoms with van der Waals surface area (Å²) in [5.41, 5.74) is 1.13. The fourth-order valence-electron chi connectivity index (χ4n) is 1.46. The van der Waals surface area contributed by atoms with Crippen molar-refractivity contribution in [1.82, 2.24) is 4.98 Å². The summed E-state index contributed by atoms with van der Waals surface area (Å²) in [6.07, 6.45) is 3.41. The van der Waals surface area contributed by atoms with Crippen LogP contribution in [0.1, 0.15) is 5.56 Å². The normalized spacial score (nSPS) is 9.94. The van der Waals surface area contributed by atoms with Gasteiger partial charge < -0.3 is 9.47 Å². The van der Waals surface area contributed by atoms with Gasteiger partial charge in [-0.2, -0.15) is 0 Å². The Labute approximate surface area is 101 Å². The summed E-state index contributed by atoms with van der Waals surface area (Å²) < 4.78 is 11.1. The lowest BCUT2D eigenvalue weighted by atomic mass is 10.2. The molecule has 1 aromatic heterocycles. The van der Waals surface area contributed by atoms with E-state index in [0.717, 1.165) is 17.1 Å². The zero-order valence-electron chi connectivity index (χ0n) is 9.80. The van der Waals surface area contributed by atoms with Gasteiger partial charge in [-0.25, -0.2) is 0 Å². The Morgan fingerprint density at radius 3 is 2.59 bits per heavy atom.